The second-order valence-electron chi connectivity index (χ2n) is 14.2. The first-order chi connectivity index (χ1) is 24.3. The van der Waals surface area contributed by atoms with E-state index < -0.39 is 0 Å². The topological polar surface area (TPSA) is 51.1 Å². The van der Waals surface area contributed by atoms with Crippen molar-refractivity contribution in [3.63, 3.8) is 0 Å². The molecule has 242 valence electrons. The van der Waals surface area contributed by atoms with Crippen molar-refractivity contribution in [1.82, 2.24) is 15.0 Å². The molecule has 7 aromatic rings. The van der Waals surface area contributed by atoms with E-state index in [0.717, 1.165) is 45.0 Å². The molecular formula is C45H36N4O. The summed E-state index contributed by atoms with van der Waals surface area (Å²) in [6.07, 6.45) is 0. The highest BCUT2D eigenvalue weighted by Crippen LogP contribution is 2.54. The van der Waals surface area contributed by atoms with E-state index in [1.54, 1.807) is 0 Å². The number of para-hydroxylation sites is 2. The van der Waals surface area contributed by atoms with E-state index in [-0.39, 0.29) is 10.8 Å². The predicted molar refractivity (Wildman–Crippen MR) is 202 cm³/mol. The molecule has 0 radical (unpaired) electrons. The van der Waals surface area contributed by atoms with Gasteiger partial charge >= 0.3 is 0 Å². The number of nitrogens with zero attached hydrogens (tertiary/aromatic N) is 4. The van der Waals surface area contributed by atoms with Gasteiger partial charge in [0.1, 0.15) is 11.5 Å². The van der Waals surface area contributed by atoms with E-state index >= 15 is 0 Å². The summed E-state index contributed by atoms with van der Waals surface area (Å²) in [4.78, 5) is 17.3. The number of hydrogen-bond donors (Lipinski definition) is 0. The van der Waals surface area contributed by atoms with E-state index in [9.17, 15) is 0 Å². The minimum Gasteiger partial charge on any atom is -0.457 e. The van der Waals surface area contributed by atoms with Gasteiger partial charge < -0.3 is 9.64 Å². The number of anilines is 3. The van der Waals surface area contributed by atoms with Gasteiger partial charge in [-0.3, -0.25) is 0 Å². The van der Waals surface area contributed by atoms with Gasteiger partial charge in [0, 0.05) is 44.3 Å². The summed E-state index contributed by atoms with van der Waals surface area (Å²) in [6, 6.07) is 50.6. The highest BCUT2D eigenvalue weighted by atomic mass is 16.5. The van der Waals surface area contributed by atoms with Crippen LogP contribution >= 0.6 is 0 Å². The summed E-state index contributed by atoms with van der Waals surface area (Å²) in [5.41, 5.74) is 10.7. The lowest BCUT2D eigenvalue weighted by atomic mass is 9.73. The third-order valence-electron chi connectivity index (χ3n) is 10.4. The molecule has 0 atom stereocenters. The summed E-state index contributed by atoms with van der Waals surface area (Å²) in [5.74, 6) is 3.62. The maximum absolute atomic E-state index is 6.63. The minimum absolute atomic E-state index is 0.120. The Kier molecular flexibility index (Phi) is 6.75. The lowest BCUT2D eigenvalue weighted by molar-refractivity contribution is 0.418. The summed E-state index contributed by atoms with van der Waals surface area (Å²) < 4.78 is 6.63. The van der Waals surface area contributed by atoms with Gasteiger partial charge in [0.25, 0.3) is 0 Å². The monoisotopic (exact) mass is 648 g/mol. The van der Waals surface area contributed by atoms with Crippen LogP contribution in [0.1, 0.15) is 49.9 Å². The van der Waals surface area contributed by atoms with Crippen LogP contribution in [0, 0.1) is 0 Å². The first-order valence-electron chi connectivity index (χ1n) is 17.1. The minimum atomic E-state index is -0.374. The SMILES string of the molecule is CC1(C)c2cc(-c3nc(-c4ccccc4)nc(-c4ccccc4)n3)ccc2Oc2ccc(N3c4ccccc4C(C)(C)c4ccccc43)cc21. The number of fused-ring (bicyclic) bond motifs is 4. The molecule has 3 heterocycles. The molecule has 0 fully saturated rings. The quantitative estimate of drug-likeness (QED) is 0.190. The van der Waals surface area contributed by atoms with E-state index in [0.29, 0.717) is 17.5 Å². The van der Waals surface area contributed by atoms with Gasteiger partial charge in [-0.2, -0.15) is 0 Å². The molecule has 0 aliphatic carbocycles. The fourth-order valence-corrected chi connectivity index (χ4v) is 7.63. The third-order valence-corrected chi connectivity index (χ3v) is 10.4. The van der Waals surface area contributed by atoms with Gasteiger partial charge in [-0.15, -0.1) is 0 Å². The van der Waals surface area contributed by atoms with Crippen molar-refractivity contribution in [2.75, 3.05) is 4.90 Å². The van der Waals surface area contributed by atoms with Gasteiger partial charge in [0.15, 0.2) is 17.5 Å². The molecule has 50 heavy (non-hydrogen) atoms. The fraction of sp³-hybridized carbons (Fsp3) is 0.133. The second kappa shape index (κ2) is 11.2. The molecule has 6 aromatic carbocycles. The van der Waals surface area contributed by atoms with Crippen LogP contribution in [0.2, 0.25) is 0 Å². The predicted octanol–water partition coefficient (Wildman–Crippen LogP) is 11.4. The van der Waals surface area contributed by atoms with Crippen LogP contribution in [0.3, 0.4) is 0 Å². The number of rotatable bonds is 4. The van der Waals surface area contributed by atoms with E-state index in [2.05, 4.69) is 118 Å². The smallest absolute Gasteiger partial charge is 0.164 e. The Labute approximate surface area is 292 Å². The van der Waals surface area contributed by atoms with Crippen LogP contribution in [-0.4, -0.2) is 15.0 Å². The first kappa shape index (κ1) is 30.0. The van der Waals surface area contributed by atoms with Crippen LogP contribution in [-0.2, 0) is 10.8 Å². The van der Waals surface area contributed by atoms with E-state index in [4.69, 9.17) is 19.7 Å². The van der Waals surface area contributed by atoms with Crippen molar-refractivity contribution >= 4 is 17.1 Å². The average molecular weight is 649 g/mol. The largest absolute Gasteiger partial charge is 0.457 e. The van der Waals surface area contributed by atoms with E-state index in [1.165, 1.54) is 22.5 Å². The highest BCUT2D eigenvalue weighted by Gasteiger charge is 2.39. The Morgan fingerprint density at radius 1 is 0.420 bits per heavy atom. The van der Waals surface area contributed by atoms with Gasteiger partial charge in [0.2, 0.25) is 0 Å². The van der Waals surface area contributed by atoms with Crippen LogP contribution < -0.4 is 9.64 Å². The summed E-state index contributed by atoms with van der Waals surface area (Å²) in [5, 5.41) is 0. The number of hydrogen-bond acceptors (Lipinski definition) is 5. The lowest BCUT2D eigenvalue weighted by Gasteiger charge is -2.42. The Bertz CT molecular complexity index is 2310. The number of aromatic nitrogens is 3. The Balaban J connectivity index is 1.16. The molecule has 0 saturated carbocycles. The van der Waals surface area contributed by atoms with Crippen LogP contribution in [0.4, 0.5) is 17.1 Å². The van der Waals surface area contributed by atoms with Crippen molar-refractivity contribution in [3.8, 4) is 45.7 Å². The normalized spacial score (nSPS) is 14.8. The molecule has 9 rings (SSSR count). The Morgan fingerprint density at radius 3 is 1.42 bits per heavy atom. The zero-order valence-corrected chi connectivity index (χ0v) is 28.6. The molecule has 0 saturated heterocycles. The second-order valence-corrected chi connectivity index (χ2v) is 14.2. The summed E-state index contributed by atoms with van der Waals surface area (Å²) in [7, 11) is 0. The zero-order chi connectivity index (χ0) is 34.0. The number of benzene rings is 6. The molecule has 0 unspecified atom stereocenters. The van der Waals surface area contributed by atoms with Crippen LogP contribution in [0.5, 0.6) is 11.5 Å². The van der Waals surface area contributed by atoms with Crippen molar-refractivity contribution < 1.29 is 4.74 Å². The Morgan fingerprint density at radius 2 is 0.860 bits per heavy atom. The van der Waals surface area contributed by atoms with Gasteiger partial charge in [-0.25, -0.2) is 15.0 Å². The molecule has 1 aromatic heterocycles. The number of ether oxygens (including phenoxy) is 1. The third kappa shape index (κ3) is 4.72. The molecule has 0 N–H and O–H groups in total. The van der Waals surface area contributed by atoms with Crippen molar-refractivity contribution in [1.29, 1.82) is 0 Å². The van der Waals surface area contributed by atoms with Crippen molar-refractivity contribution in [2.45, 2.75) is 38.5 Å². The van der Waals surface area contributed by atoms with Crippen molar-refractivity contribution in [3.05, 3.63) is 168 Å². The molecular weight excluding hydrogens is 613 g/mol. The molecule has 0 bridgehead atoms. The maximum atomic E-state index is 6.63. The van der Waals surface area contributed by atoms with Gasteiger partial charge in [-0.05, 0) is 59.7 Å². The highest BCUT2D eigenvalue weighted by molar-refractivity contribution is 5.86. The first-order valence-corrected chi connectivity index (χ1v) is 17.1. The Hall–Kier alpha value is -6.07. The molecule has 2 aliphatic heterocycles. The average Bonchev–Trinajstić information content (AvgIpc) is 3.16. The van der Waals surface area contributed by atoms with Crippen LogP contribution in [0.25, 0.3) is 34.2 Å². The van der Waals surface area contributed by atoms with Crippen LogP contribution in [0.15, 0.2) is 146 Å². The molecule has 2 aliphatic rings. The fourth-order valence-electron chi connectivity index (χ4n) is 7.63. The maximum Gasteiger partial charge on any atom is 0.164 e. The van der Waals surface area contributed by atoms with Gasteiger partial charge in [0.05, 0.1) is 11.4 Å². The van der Waals surface area contributed by atoms with E-state index in [1.807, 2.05) is 60.7 Å². The van der Waals surface area contributed by atoms with Crippen molar-refractivity contribution in [2.24, 2.45) is 0 Å². The molecule has 5 heteroatoms. The standard InChI is InChI=1S/C45H36N4O/c1-44(2)33-19-11-13-21-37(33)49(38-22-14-12-20-34(38)44)32-24-26-40-36(28-32)45(3,4)35-27-31(23-25-39(35)50-40)43-47-41(29-15-7-5-8-16-29)46-42(48-43)30-17-9-6-10-18-30/h5-28H,1-4H3. The molecule has 0 amide bonds. The molecule has 5 nitrogen and oxygen atoms in total. The molecule has 0 spiro atoms. The summed E-state index contributed by atoms with van der Waals surface area (Å²) >= 11 is 0. The lowest BCUT2D eigenvalue weighted by Crippen LogP contribution is -2.31. The summed E-state index contributed by atoms with van der Waals surface area (Å²) in [6.45, 7) is 9.19. The van der Waals surface area contributed by atoms with Gasteiger partial charge in [-0.1, -0.05) is 125 Å². The zero-order valence-electron chi connectivity index (χ0n) is 28.6.